The summed E-state index contributed by atoms with van der Waals surface area (Å²) in [5.41, 5.74) is 0. The zero-order chi connectivity index (χ0) is 10.6. The maximum absolute atomic E-state index is 11.5. The number of amides is 1. The number of hydrogen-bond acceptors (Lipinski definition) is 3. The van der Waals surface area contributed by atoms with E-state index in [0.717, 1.165) is 0 Å². The van der Waals surface area contributed by atoms with Crippen LogP contribution >= 0.6 is 0 Å². The van der Waals surface area contributed by atoms with Crippen molar-refractivity contribution in [3.8, 4) is 0 Å². The molecule has 0 atom stereocenters. The van der Waals surface area contributed by atoms with Crippen LogP contribution in [0, 0.1) is 5.92 Å². The number of nitrogens with zero attached hydrogens (tertiary/aromatic N) is 1. The summed E-state index contributed by atoms with van der Waals surface area (Å²) in [5.74, 6) is 0.0148. The largest absolute Gasteiger partial charge is 0.512 e. The number of aliphatic hydroxyl groups is 1. The van der Waals surface area contributed by atoms with Gasteiger partial charge in [0.15, 0.2) is 0 Å². The first-order valence-electron chi connectivity index (χ1n) is 4.88. The lowest BCUT2D eigenvalue weighted by atomic mass is 10.1. The number of rotatable bonds is 2. The quantitative estimate of drug-likeness (QED) is 0.532. The van der Waals surface area contributed by atoms with E-state index >= 15 is 0 Å². The first-order valence-corrected chi connectivity index (χ1v) is 4.88. The lowest BCUT2D eigenvalue weighted by molar-refractivity contribution is -0.130. The molecule has 0 saturated carbocycles. The van der Waals surface area contributed by atoms with Crippen LogP contribution in [-0.2, 0) is 9.53 Å². The molecule has 4 heteroatoms. The second-order valence-corrected chi connectivity index (χ2v) is 3.66. The van der Waals surface area contributed by atoms with Crippen LogP contribution in [0.4, 0.5) is 0 Å². The van der Waals surface area contributed by atoms with E-state index in [1.807, 2.05) is 13.8 Å². The van der Waals surface area contributed by atoms with Crippen molar-refractivity contribution in [3.63, 3.8) is 0 Å². The van der Waals surface area contributed by atoms with Gasteiger partial charge in [-0.25, -0.2) is 0 Å². The molecular formula is C10H17NO3. The van der Waals surface area contributed by atoms with Crippen LogP contribution in [0.25, 0.3) is 0 Å². The van der Waals surface area contributed by atoms with Gasteiger partial charge in [-0.15, -0.1) is 0 Å². The van der Waals surface area contributed by atoms with E-state index < -0.39 is 0 Å². The highest BCUT2D eigenvalue weighted by Crippen LogP contribution is 2.06. The average Bonchev–Trinajstić information content (AvgIpc) is 2.19. The van der Waals surface area contributed by atoms with Gasteiger partial charge in [0, 0.05) is 25.1 Å². The van der Waals surface area contributed by atoms with Crippen LogP contribution in [-0.4, -0.2) is 42.2 Å². The Morgan fingerprint density at radius 3 is 2.50 bits per heavy atom. The summed E-state index contributed by atoms with van der Waals surface area (Å²) < 4.78 is 5.13. The molecule has 1 fully saturated rings. The van der Waals surface area contributed by atoms with Crippen molar-refractivity contribution in [2.75, 3.05) is 26.3 Å². The molecule has 1 N–H and O–H groups in total. The number of allylic oxidation sites excluding steroid dienone is 1. The zero-order valence-corrected chi connectivity index (χ0v) is 8.69. The fraction of sp³-hybridized carbons (Fsp3) is 0.700. The highest BCUT2D eigenvalue weighted by Gasteiger charge is 2.15. The molecule has 1 aliphatic heterocycles. The maximum atomic E-state index is 11.5. The van der Waals surface area contributed by atoms with E-state index in [-0.39, 0.29) is 17.6 Å². The van der Waals surface area contributed by atoms with E-state index in [9.17, 15) is 9.90 Å². The summed E-state index contributed by atoms with van der Waals surface area (Å²) in [4.78, 5) is 13.2. The van der Waals surface area contributed by atoms with Crippen LogP contribution in [0.1, 0.15) is 13.8 Å². The molecule has 0 aliphatic carbocycles. The van der Waals surface area contributed by atoms with Gasteiger partial charge in [-0.05, 0) is 0 Å². The lowest BCUT2D eigenvalue weighted by Gasteiger charge is -2.25. The second-order valence-electron chi connectivity index (χ2n) is 3.66. The number of hydrogen-bond donors (Lipinski definition) is 1. The molecule has 1 amide bonds. The molecular weight excluding hydrogens is 182 g/mol. The zero-order valence-electron chi connectivity index (χ0n) is 8.69. The topological polar surface area (TPSA) is 49.8 Å². The maximum Gasteiger partial charge on any atom is 0.250 e. The molecule has 1 aliphatic rings. The van der Waals surface area contributed by atoms with Crippen LogP contribution in [0.15, 0.2) is 11.8 Å². The molecule has 1 rings (SSSR count). The Bertz CT molecular complexity index is 230. The van der Waals surface area contributed by atoms with Gasteiger partial charge < -0.3 is 14.7 Å². The van der Waals surface area contributed by atoms with Gasteiger partial charge in [0.2, 0.25) is 5.91 Å². The smallest absolute Gasteiger partial charge is 0.250 e. The van der Waals surface area contributed by atoms with Crippen LogP contribution in [0.3, 0.4) is 0 Å². The molecule has 1 saturated heterocycles. The molecule has 0 spiro atoms. The fourth-order valence-electron chi connectivity index (χ4n) is 1.17. The monoisotopic (exact) mass is 199 g/mol. The fourth-order valence-corrected chi connectivity index (χ4v) is 1.17. The molecule has 0 aromatic heterocycles. The van der Waals surface area contributed by atoms with Crippen molar-refractivity contribution in [1.29, 1.82) is 0 Å². The minimum atomic E-state index is -0.125. The Morgan fingerprint density at radius 1 is 1.43 bits per heavy atom. The minimum absolute atomic E-state index is 0.00000874. The average molecular weight is 199 g/mol. The third-order valence-electron chi connectivity index (χ3n) is 2.19. The van der Waals surface area contributed by atoms with Crippen LogP contribution in [0.2, 0.25) is 0 Å². The van der Waals surface area contributed by atoms with Gasteiger partial charge in [-0.3, -0.25) is 4.79 Å². The number of carbonyl (C=O) groups is 1. The summed E-state index contributed by atoms with van der Waals surface area (Å²) in [6, 6.07) is 0. The standard InChI is InChI=1S/C10H17NO3/c1-8(2)9(12)7-10(13)11-3-5-14-6-4-11/h7-8,12H,3-6H2,1-2H3/b9-7-. The number of morpholine rings is 1. The van der Waals surface area contributed by atoms with E-state index in [4.69, 9.17) is 4.74 Å². The molecule has 80 valence electrons. The van der Waals surface area contributed by atoms with Crippen molar-refractivity contribution in [2.24, 2.45) is 5.92 Å². The molecule has 1 heterocycles. The Kier molecular flexibility index (Phi) is 3.95. The Morgan fingerprint density at radius 2 is 2.00 bits per heavy atom. The lowest BCUT2D eigenvalue weighted by Crippen LogP contribution is -2.40. The number of aliphatic hydroxyl groups excluding tert-OH is 1. The summed E-state index contributed by atoms with van der Waals surface area (Å²) in [5, 5.41) is 9.41. The highest BCUT2D eigenvalue weighted by atomic mass is 16.5. The van der Waals surface area contributed by atoms with E-state index in [1.54, 1.807) is 4.90 Å². The third-order valence-corrected chi connectivity index (χ3v) is 2.19. The van der Waals surface area contributed by atoms with E-state index in [2.05, 4.69) is 0 Å². The van der Waals surface area contributed by atoms with Gasteiger partial charge in [-0.1, -0.05) is 13.8 Å². The van der Waals surface area contributed by atoms with Gasteiger partial charge >= 0.3 is 0 Å². The molecule has 4 nitrogen and oxygen atoms in total. The first-order chi connectivity index (χ1) is 6.61. The number of carbonyl (C=O) groups excluding carboxylic acids is 1. The first kappa shape index (κ1) is 11.0. The summed E-state index contributed by atoms with van der Waals surface area (Å²) in [6.45, 7) is 6.09. The summed E-state index contributed by atoms with van der Waals surface area (Å²) in [7, 11) is 0. The SMILES string of the molecule is CC(C)/C(O)=C/C(=O)N1CCOCC1. The minimum Gasteiger partial charge on any atom is -0.512 e. The van der Waals surface area contributed by atoms with Crippen molar-refractivity contribution in [3.05, 3.63) is 11.8 Å². The normalized spacial score (nSPS) is 18.8. The number of ether oxygens (including phenoxy) is 1. The van der Waals surface area contributed by atoms with Crippen molar-refractivity contribution < 1.29 is 14.6 Å². The van der Waals surface area contributed by atoms with Crippen LogP contribution in [0.5, 0.6) is 0 Å². The molecule has 0 radical (unpaired) electrons. The summed E-state index contributed by atoms with van der Waals surface area (Å²) >= 11 is 0. The van der Waals surface area contributed by atoms with Crippen molar-refractivity contribution in [2.45, 2.75) is 13.8 Å². The van der Waals surface area contributed by atoms with Gasteiger partial charge in [-0.2, -0.15) is 0 Å². The predicted octanol–water partition coefficient (Wildman–Crippen LogP) is 0.943. The van der Waals surface area contributed by atoms with Gasteiger partial charge in [0.25, 0.3) is 0 Å². The summed E-state index contributed by atoms with van der Waals surface area (Å²) in [6.07, 6.45) is 1.30. The molecule has 0 aromatic carbocycles. The molecule has 0 unspecified atom stereocenters. The Labute approximate surface area is 84.2 Å². The van der Waals surface area contributed by atoms with Gasteiger partial charge in [0.1, 0.15) is 5.76 Å². The highest BCUT2D eigenvalue weighted by molar-refractivity contribution is 5.88. The third kappa shape index (κ3) is 3.03. The predicted molar refractivity (Wildman–Crippen MR) is 52.9 cm³/mol. The molecule has 0 aromatic rings. The second kappa shape index (κ2) is 5.00. The Balaban J connectivity index is 2.51. The van der Waals surface area contributed by atoms with Gasteiger partial charge in [0.05, 0.1) is 13.2 Å². The molecule has 14 heavy (non-hydrogen) atoms. The molecule has 0 bridgehead atoms. The van der Waals surface area contributed by atoms with E-state index in [1.165, 1.54) is 6.08 Å². The van der Waals surface area contributed by atoms with Crippen molar-refractivity contribution in [1.82, 2.24) is 4.90 Å². The van der Waals surface area contributed by atoms with Crippen LogP contribution < -0.4 is 0 Å². The van der Waals surface area contributed by atoms with E-state index in [0.29, 0.717) is 26.3 Å². The van der Waals surface area contributed by atoms with Crippen molar-refractivity contribution >= 4 is 5.91 Å². The Hall–Kier alpha value is -1.03.